The minimum Gasteiger partial charge on any atom is -1.00 e. The second kappa shape index (κ2) is 11.9. The van der Waals surface area contributed by atoms with Gasteiger partial charge in [-0.3, -0.25) is 9.19 Å². The van der Waals surface area contributed by atoms with E-state index in [-0.39, 0.29) is 60.2 Å². The van der Waals surface area contributed by atoms with Crippen LogP contribution in [0.25, 0.3) is 11.0 Å². The standard InChI is InChI=1S/C20H23F2N3O5S.Na.H/c1-12(10-26)9-25-16-5-4-13(30-19(21)22)8-14(16)24-20(25)31(27)11-15-18(29-3)17(28-2)6-7-23-15;;/h4-8,12,19,26H,9-11H2,1-3H3;;/q;+1;-1. The molecule has 0 aliphatic carbocycles. The van der Waals surface area contributed by atoms with Crippen molar-refractivity contribution in [2.75, 3.05) is 20.8 Å². The van der Waals surface area contributed by atoms with Crippen molar-refractivity contribution < 1.29 is 63.3 Å². The van der Waals surface area contributed by atoms with E-state index in [0.29, 0.717) is 34.8 Å². The molecule has 170 valence electrons. The Morgan fingerprint density at radius 1 is 1.25 bits per heavy atom. The molecular weight excluding hydrogens is 455 g/mol. The van der Waals surface area contributed by atoms with Gasteiger partial charge in [0.1, 0.15) is 5.75 Å². The summed E-state index contributed by atoms with van der Waals surface area (Å²) in [5.41, 5.74) is 1.38. The van der Waals surface area contributed by atoms with Gasteiger partial charge in [-0.05, 0) is 18.1 Å². The number of halogens is 2. The van der Waals surface area contributed by atoms with Crippen LogP contribution in [0.3, 0.4) is 0 Å². The quantitative estimate of drug-likeness (QED) is 0.412. The van der Waals surface area contributed by atoms with Crippen LogP contribution >= 0.6 is 0 Å². The summed E-state index contributed by atoms with van der Waals surface area (Å²) in [4.78, 5) is 8.67. The molecule has 2 atom stereocenters. The van der Waals surface area contributed by atoms with Gasteiger partial charge in [-0.2, -0.15) is 8.78 Å². The average Bonchev–Trinajstić information content (AvgIpc) is 3.10. The zero-order valence-corrected chi connectivity index (χ0v) is 21.1. The van der Waals surface area contributed by atoms with Gasteiger partial charge < -0.3 is 25.3 Å². The maximum Gasteiger partial charge on any atom is 1.00 e. The average molecular weight is 479 g/mol. The molecule has 3 aromatic rings. The molecule has 2 aromatic heterocycles. The van der Waals surface area contributed by atoms with Crippen molar-refractivity contribution in [3.8, 4) is 17.2 Å². The van der Waals surface area contributed by atoms with E-state index in [1.165, 1.54) is 32.5 Å². The van der Waals surface area contributed by atoms with Gasteiger partial charge in [0.25, 0.3) is 0 Å². The summed E-state index contributed by atoms with van der Waals surface area (Å²) in [6.07, 6.45) is 1.53. The Bertz CT molecular complexity index is 1090. The van der Waals surface area contributed by atoms with Crippen molar-refractivity contribution in [2.24, 2.45) is 5.92 Å². The van der Waals surface area contributed by atoms with Gasteiger partial charge in [-0.1, -0.05) is 6.92 Å². The second-order valence-corrected chi connectivity index (χ2v) is 8.15. The van der Waals surface area contributed by atoms with E-state index >= 15 is 0 Å². The molecule has 12 heteroatoms. The number of hydrogen-bond acceptors (Lipinski definition) is 7. The van der Waals surface area contributed by atoms with Gasteiger partial charge in [0, 0.05) is 31.5 Å². The zero-order valence-electron chi connectivity index (χ0n) is 19.2. The van der Waals surface area contributed by atoms with Gasteiger partial charge in [-0.15, -0.1) is 0 Å². The molecule has 0 fully saturated rings. The minimum absolute atomic E-state index is 0. The Morgan fingerprint density at radius 2 is 2.00 bits per heavy atom. The number of fused-ring (bicyclic) bond motifs is 1. The van der Waals surface area contributed by atoms with E-state index < -0.39 is 17.4 Å². The molecule has 0 radical (unpaired) electrons. The normalized spacial score (nSPS) is 13.0. The largest absolute Gasteiger partial charge is 1.00 e. The van der Waals surface area contributed by atoms with Crippen LogP contribution in [-0.4, -0.2) is 51.3 Å². The number of aliphatic hydroxyl groups is 1. The third-order valence-electron chi connectivity index (χ3n) is 4.55. The summed E-state index contributed by atoms with van der Waals surface area (Å²) in [5, 5.41) is 9.72. The first-order chi connectivity index (χ1) is 14.9. The molecule has 0 bridgehead atoms. The van der Waals surface area contributed by atoms with E-state index in [4.69, 9.17) is 9.47 Å². The number of imidazole rings is 1. The molecule has 1 aromatic carbocycles. The number of hydrogen-bond donors (Lipinski definition) is 1. The first-order valence-corrected chi connectivity index (χ1v) is 10.7. The van der Waals surface area contributed by atoms with Crippen LogP contribution in [0.1, 0.15) is 14.0 Å². The van der Waals surface area contributed by atoms with E-state index in [1.807, 2.05) is 6.92 Å². The Hall–Kier alpha value is -1.79. The predicted molar refractivity (Wildman–Crippen MR) is 111 cm³/mol. The zero-order chi connectivity index (χ0) is 22.5. The number of alkyl halides is 2. The maximum atomic E-state index is 13.3. The maximum absolute atomic E-state index is 13.3. The molecule has 0 amide bonds. The topological polar surface area (TPSA) is 95.7 Å². The Labute approximate surface area is 210 Å². The smallest absolute Gasteiger partial charge is 1.00 e. The second-order valence-electron chi connectivity index (χ2n) is 6.80. The van der Waals surface area contributed by atoms with Crippen molar-refractivity contribution in [1.29, 1.82) is 0 Å². The fourth-order valence-corrected chi connectivity index (χ4v) is 4.33. The van der Waals surface area contributed by atoms with E-state index in [0.717, 1.165) is 0 Å². The molecule has 3 rings (SSSR count). The van der Waals surface area contributed by atoms with Crippen molar-refractivity contribution in [1.82, 2.24) is 14.5 Å². The summed E-state index contributed by atoms with van der Waals surface area (Å²) >= 11 is 0. The van der Waals surface area contributed by atoms with Gasteiger partial charge in [0.15, 0.2) is 16.7 Å². The number of methoxy groups -OCH3 is 2. The number of pyridine rings is 1. The predicted octanol–water partition coefficient (Wildman–Crippen LogP) is 0.103. The number of ether oxygens (including phenoxy) is 3. The van der Waals surface area contributed by atoms with E-state index in [9.17, 15) is 18.1 Å². The number of aliphatic hydroxyl groups excluding tert-OH is 1. The molecule has 2 unspecified atom stereocenters. The van der Waals surface area contributed by atoms with Crippen LogP contribution in [-0.2, 0) is 23.1 Å². The van der Waals surface area contributed by atoms with Crippen LogP contribution < -0.4 is 43.8 Å². The van der Waals surface area contributed by atoms with Gasteiger partial charge in [0.05, 0.1) is 47.5 Å². The molecule has 0 saturated carbocycles. The first kappa shape index (κ1) is 26.5. The molecule has 0 saturated heterocycles. The number of benzene rings is 1. The molecule has 1 N–H and O–H groups in total. The monoisotopic (exact) mass is 479 g/mol. The molecule has 0 spiro atoms. The third kappa shape index (κ3) is 5.96. The minimum atomic E-state index is -2.96. The molecule has 2 heterocycles. The number of nitrogens with zero attached hydrogens (tertiary/aromatic N) is 3. The summed E-state index contributed by atoms with van der Waals surface area (Å²) in [7, 11) is 1.31. The van der Waals surface area contributed by atoms with Crippen LogP contribution in [0.15, 0.2) is 35.6 Å². The van der Waals surface area contributed by atoms with E-state index in [1.54, 1.807) is 16.7 Å². The van der Waals surface area contributed by atoms with Crippen LogP contribution in [0.4, 0.5) is 8.78 Å². The van der Waals surface area contributed by atoms with Gasteiger partial charge in [-0.25, -0.2) is 4.98 Å². The van der Waals surface area contributed by atoms with Crippen LogP contribution in [0.5, 0.6) is 17.2 Å². The van der Waals surface area contributed by atoms with Crippen molar-refractivity contribution in [2.45, 2.75) is 31.0 Å². The first-order valence-electron chi connectivity index (χ1n) is 9.38. The van der Waals surface area contributed by atoms with Gasteiger partial charge in [0.2, 0.25) is 0 Å². The Morgan fingerprint density at radius 3 is 2.62 bits per heavy atom. The van der Waals surface area contributed by atoms with Crippen LogP contribution in [0.2, 0.25) is 0 Å². The van der Waals surface area contributed by atoms with Crippen molar-refractivity contribution in [3.63, 3.8) is 0 Å². The fraction of sp³-hybridized carbons (Fsp3) is 0.400. The molecular formula is C20H24F2N3NaO5S. The molecule has 0 aliphatic rings. The summed E-state index contributed by atoms with van der Waals surface area (Å²) in [6.45, 7) is -0.872. The molecule has 32 heavy (non-hydrogen) atoms. The van der Waals surface area contributed by atoms with Crippen LogP contribution in [0, 0.1) is 5.92 Å². The Balaban J connectivity index is 0.00000272. The van der Waals surface area contributed by atoms with Crippen molar-refractivity contribution in [3.05, 3.63) is 36.2 Å². The molecule has 0 aliphatic heterocycles. The van der Waals surface area contributed by atoms with E-state index in [2.05, 4.69) is 14.7 Å². The third-order valence-corrected chi connectivity index (χ3v) is 5.81. The SMILES string of the molecule is COc1ccnc(CS(=O)c2nc3cc(OC(F)F)ccc3n2CC(C)CO)c1OC.[H-].[Na+]. The fourth-order valence-electron chi connectivity index (χ4n) is 3.13. The van der Waals surface area contributed by atoms with Gasteiger partial charge >= 0.3 is 36.2 Å². The summed E-state index contributed by atoms with van der Waals surface area (Å²) < 4.78 is 55.2. The number of rotatable bonds is 10. The van der Waals surface area contributed by atoms with Crippen molar-refractivity contribution >= 4 is 21.8 Å². The Kier molecular flexibility index (Phi) is 9.83. The molecule has 8 nitrogen and oxygen atoms in total. The number of aromatic nitrogens is 3. The summed E-state index contributed by atoms with van der Waals surface area (Å²) in [6, 6.07) is 5.98. The summed E-state index contributed by atoms with van der Waals surface area (Å²) in [5.74, 6) is 0.640.